The number of hydrogen-bond donors (Lipinski definition) is 0. The summed E-state index contributed by atoms with van der Waals surface area (Å²) < 4.78 is 7.38. The standard InChI is InChI=1S/C21H16N4O5S2/c1-12-11-31-21(22-12)32-17-7-6-14(8-16(17)25(28)29)20(27)30-10-15-9-19(26)24-13(2)4-3-5-18(24)23-15/h3-9,11H,10H2,1-2H3. The highest BCUT2D eigenvalue weighted by Crippen LogP contribution is 2.36. The number of nitro groups is 1. The van der Waals surface area contributed by atoms with Gasteiger partial charge in [-0.15, -0.1) is 11.3 Å². The maximum atomic E-state index is 12.5. The summed E-state index contributed by atoms with van der Waals surface area (Å²) in [6.07, 6.45) is 0. The van der Waals surface area contributed by atoms with Gasteiger partial charge in [0.2, 0.25) is 0 Å². The van der Waals surface area contributed by atoms with Crippen LogP contribution in [0, 0.1) is 24.0 Å². The lowest BCUT2D eigenvalue weighted by molar-refractivity contribution is -0.387. The van der Waals surface area contributed by atoms with Crippen molar-refractivity contribution in [2.45, 2.75) is 29.7 Å². The number of carbonyl (C=O) groups excluding carboxylic acids is 1. The predicted molar refractivity (Wildman–Crippen MR) is 119 cm³/mol. The van der Waals surface area contributed by atoms with Gasteiger partial charge in [0.15, 0.2) is 4.34 Å². The molecule has 0 fully saturated rings. The molecule has 11 heteroatoms. The molecule has 0 spiro atoms. The van der Waals surface area contributed by atoms with Gasteiger partial charge in [-0.1, -0.05) is 17.8 Å². The molecular formula is C21H16N4O5S2. The molecule has 4 aromatic rings. The fraction of sp³-hybridized carbons (Fsp3) is 0.143. The van der Waals surface area contributed by atoms with Crippen molar-refractivity contribution in [3.8, 4) is 0 Å². The van der Waals surface area contributed by atoms with Gasteiger partial charge in [-0.2, -0.15) is 0 Å². The summed E-state index contributed by atoms with van der Waals surface area (Å²) in [7, 11) is 0. The Balaban J connectivity index is 1.53. The van der Waals surface area contributed by atoms with Crippen molar-refractivity contribution >= 4 is 40.4 Å². The van der Waals surface area contributed by atoms with Crippen LogP contribution in [0.2, 0.25) is 0 Å². The number of nitro benzene ring substituents is 1. The van der Waals surface area contributed by atoms with Crippen molar-refractivity contribution in [3.05, 3.63) is 91.0 Å². The third-order valence-electron chi connectivity index (χ3n) is 4.47. The molecule has 3 heterocycles. The second-order valence-electron chi connectivity index (χ2n) is 6.82. The molecule has 0 radical (unpaired) electrons. The SMILES string of the molecule is Cc1csc(Sc2ccc(C(=O)OCc3cc(=O)n4c(C)cccc4n3)cc2[N+](=O)[O-])n1. The lowest BCUT2D eigenvalue weighted by Crippen LogP contribution is -2.18. The Kier molecular flexibility index (Phi) is 6.01. The minimum absolute atomic E-state index is 0.0322. The van der Waals surface area contributed by atoms with Crippen molar-refractivity contribution in [1.29, 1.82) is 0 Å². The molecule has 1 aromatic carbocycles. The molecule has 4 rings (SSSR count). The van der Waals surface area contributed by atoms with Crippen LogP contribution in [-0.2, 0) is 11.3 Å². The lowest BCUT2D eigenvalue weighted by atomic mass is 10.2. The Hall–Kier alpha value is -3.57. The van der Waals surface area contributed by atoms with Crippen LogP contribution in [-0.4, -0.2) is 25.3 Å². The molecule has 32 heavy (non-hydrogen) atoms. The van der Waals surface area contributed by atoms with Gasteiger partial charge in [0.25, 0.3) is 11.2 Å². The van der Waals surface area contributed by atoms with Crippen molar-refractivity contribution in [2.24, 2.45) is 0 Å². The maximum absolute atomic E-state index is 12.5. The van der Waals surface area contributed by atoms with Crippen LogP contribution in [0.25, 0.3) is 5.65 Å². The molecule has 9 nitrogen and oxygen atoms in total. The van der Waals surface area contributed by atoms with E-state index in [0.717, 1.165) is 23.1 Å². The summed E-state index contributed by atoms with van der Waals surface area (Å²) in [6, 6.07) is 10.7. The molecule has 0 aliphatic rings. The van der Waals surface area contributed by atoms with Gasteiger partial charge in [0.05, 0.1) is 21.1 Å². The van der Waals surface area contributed by atoms with E-state index in [0.29, 0.717) is 14.9 Å². The highest BCUT2D eigenvalue weighted by molar-refractivity contribution is 8.01. The van der Waals surface area contributed by atoms with Crippen LogP contribution in [0.3, 0.4) is 0 Å². The van der Waals surface area contributed by atoms with Gasteiger partial charge in [0, 0.05) is 28.9 Å². The quantitative estimate of drug-likeness (QED) is 0.235. The van der Waals surface area contributed by atoms with Gasteiger partial charge < -0.3 is 4.74 Å². The van der Waals surface area contributed by atoms with Crippen molar-refractivity contribution in [2.75, 3.05) is 0 Å². The van der Waals surface area contributed by atoms with Gasteiger partial charge in [-0.05, 0) is 38.1 Å². The number of pyridine rings is 1. The van der Waals surface area contributed by atoms with E-state index in [1.807, 2.05) is 12.3 Å². The van der Waals surface area contributed by atoms with E-state index in [2.05, 4.69) is 9.97 Å². The molecule has 0 atom stereocenters. The average molecular weight is 469 g/mol. The molecule has 0 unspecified atom stereocenters. The number of aromatic nitrogens is 3. The zero-order valence-corrected chi connectivity index (χ0v) is 18.6. The lowest BCUT2D eigenvalue weighted by Gasteiger charge is -2.08. The first-order chi connectivity index (χ1) is 15.3. The van der Waals surface area contributed by atoms with Crippen molar-refractivity contribution in [1.82, 2.24) is 14.4 Å². The molecule has 0 saturated carbocycles. The van der Waals surface area contributed by atoms with Crippen LogP contribution in [0.4, 0.5) is 5.69 Å². The summed E-state index contributed by atoms with van der Waals surface area (Å²) in [5.41, 5.74) is 1.83. The van der Waals surface area contributed by atoms with E-state index in [1.54, 1.807) is 25.1 Å². The summed E-state index contributed by atoms with van der Waals surface area (Å²) in [5.74, 6) is -0.749. The number of nitrogens with zero attached hydrogens (tertiary/aromatic N) is 4. The van der Waals surface area contributed by atoms with Gasteiger partial charge in [-0.3, -0.25) is 19.3 Å². The molecule has 162 valence electrons. The second kappa shape index (κ2) is 8.89. The number of hydrogen-bond acceptors (Lipinski definition) is 9. The summed E-state index contributed by atoms with van der Waals surface area (Å²) in [6.45, 7) is 3.40. The van der Waals surface area contributed by atoms with E-state index in [1.165, 1.54) is 40.0 Å². The fourth-order valence-corrected chi connectivity index (χ4v) is 4.89. The number of carbonyl (C=O) groups is 1. The highest BCUT2D eigenvalue weighted by Gasteiger charge is 2.20. The van der Waals surface area contributed by atoms with Gasteiger partial charge in [-0.25, -0.2) is 14.8 Å². The average Bonchev–Trinajstić information content (AvgIpc) is 3.16. The van der Waals surface area contributed by atoms with E-state index in [-0.39, 0.29) is 29.1 Å². The Bertz CT molecular complexity index is 1410. The largest absolute Gasteiger partial charge is 0.456 e. The first-order valence-corrected chi connectivity index (χ1v) is 11.1. The highest BCUT2D eigenvalue weighted by atomic mass is 32.2. The number of benzene rings is 1. The topological polar surface area (TPSA) is 117 Å². The zero-order valence-electron chi connectivity index (χ0n) is 17.0. The van der Waals surface area contributed by atoms with Crippen LogP contribution in [0.5, 0.6) is 0 Å². The third-order valence-corrected chi connectivity index (χ3v) is 6.59. The summed E-state index contributed by atoms with van der Waals surface area (Å²) in [5, 5.41) is 13.4. The zero-order chi connectivity index (χ0) is 22.8. The Morgan fingerprint density at radius 3 is 2.75 bits per heavy atom. The Morgan fingerprint density at radius 2 is 2.03 bits per heavy atom. The van der Waals surface area contributed by atoms with Gasteiger partial charge >= 0.3 is 5.97 Å². The number of fused-ring (bicyclic) bond motifs is 1. The molecule has 0 bridgehead atoms. The van der Waals surface area contributed by atoms with Crippen LogP contribution in [0.1, 0.15) is 27.4 Å². The van der Waals surface area contributed by atoms with Crippen molar-refractivity contribution < 1.29 is 14.5 Å². The maximum Gasteiger partial charge on any atom is 0.338 e. The molecule has 0 N–H and O–H groups in total. The second-order valence-corrected chi connectivity index (χ2v) is 8.97. The fourth-order valence-electron chi connectivity index (χ4n) is 3.01. The van der Waals surface area contributed by atoms with Crippen LogP contribution >= 0.6 is 23.1 Å². The molecule has 0 aliphatic carbocycles. The summed E-state index contributed by atoms with van der Waals surface area (Å²) >= 11 is 2.55. The molecule has 0 aliphatic heterocycles. The van der Waals surface area contributed by atoms with E-state index >= 15 is 0 Å². The number of thiazole rings is 1. The van der Waals surface area contributed by atoms with E-state index in [9.17, 15) is 19.7 Å². The number of ether oxygens (including phenoxy) is 1. The van der Waals surface area contributed by atoms with Gasteiger partial charge in [0.1, 0.15) is 12.3 Å². The monoisotopic (exact) mass is 468 g/mol. The molecule has 0 amide bonds. The Morgan fingerprint density at radius 1 is 1.22 bits per heavy atom. The number of rotatable bonds is 6. The minimum Gasteiger partial charge on any atom is -0.456 e. The number of aryl methyl sites for hydroxylation is 2. The van der Waals surface area contributed by atoms with Crippen LogP contribution < -0.4 is 5.56 Å². The molecule has 3 aromatic heterocycles. The first kappa shape index (κ1) is 21.7. The summed E-state index contributed by atoms with van der Waals surface area (Å²) in [4.78, 5) is 44.8. The molecular weight excluding hydrogens is 452 g/mol. The van der Waals surface area contributed by atoms with Crippen molar-refractivity contribution in [3.63, 3.8) is 0 Å². The number of esters is 1. The van der Waals surface area contributed by atoms with Crippen LogP contribution in [0.15, 0.2) is 61.9 Å². The first-order valence-electron chi connectivity index (χ1n) is 9.35. The van der Waals surface area contributed by atoms with E-state index < -0.39 is 10.9 Å². The normalized spacial score (nSPS) is 10.9. The third kappa shape index (κ3) is 4.53. The van der Waals surface area contributed by atoms with E-state index in [4.69, 9.17) is 4.74 Å². The smallest absolute Gasteiger partial charge is 0.338 e. The predicted octanol–water partition coefficient (Wildman–Crippen LogP) is 4.18. The minimum atomic E-state index is -0.749. The molecule has 0 saturated heterocycles. The Labute approximate surface area is 189 Å².